The van der Waals surface area contributed by atoms with Crippen LogP contribution in [0.3, 0.4) is 0 Å². The molecule has 8 bridgehead atoms. The van der Waals surface area contributed by atoms with E-state index in [4.69, 9.17) is 9.47 Å². The first-order chi connectivity index (χ1) is 15.0. The topological polar surface area (TPSA) is 18.5 Å². The van der Waals surface area contributed by atoms with Crippen molar-refractivity contribution in [3.05, 3.63) is 23.3 Å². The second-order valence-electron chi connectivity index (χ2n) is 13.1. The van der Waals surface area contributed by atoms with Crippen molar-refractivity contribution in [2.75, 3.05) is 13.9 Å². The standard InChI is InChI=1S/C28H37O2.Li/c1-29-17-30-26-3-2-24(27-11-18-4-19(12-27)6-20(5-18)13-27)10-25(26)28-14-21-7-22(15-28)9-23(8-21)16-28;/h2,10,18-23H,4-9,11-17H2,1H3;. The number of hydrogen-bond donors (Lipinski definition) is 0. The molecule has 0 atom stereocenters. The number of hydrogen-bond acceptors (Lipinski definition) is 2. The summed E-state index contributed by atoms with van der Waals surface area (Å²) in [6, 6.07) is 5.25. The van der Waals surface area contributed by atoms with Gasteiger partial charge in [-0.1, -0.05) is 0 Å². The molecule has 8 saturated carbocycles. The van der Waals surface area contributed by atoms with Gasteiger partial charge >= 0.3 is 198 Å². The first-order valence-corrected chi connectivity index (χ1v) is 13.3. The molecule has 0 saturated heterocycles. The van der Waals surface area contributed by atoms with Crippen molar-refractivity contribution in [1.29, 1.82) is 0 Å². The molecule has 9 rings (SSSR count). The summed E-state index contributed by atoms with van der Waals surface area (Å²) in [4.78, 5) is 0. The van der Waals surface area contributed by atoms with Crippen LogP contribution < -0.4 is 8.97 Å². The van der Waals surface area contributed by atoms with Crippen molar-refractivity contribution in [3.8, 4) is 5.75 Å². The molecule has 0 N–H and O–H groups in total. The Kier molecular flexibility index (Phi) is 4.54. The fourth-order valence-electron chi connectivity index (χ4n) is 10.7. The van der Waals surface area contributed by atoms with E-state index in [1.807, 2.05) is 0 Å². The fraction of sp³-hybridized carbons (Fsp3) is 0.786. The summed E-state index contributed by atoms with van der Waals surface area (Å²) in [5.41, 5.74) is 4.13. The van der Waals surface area contributed by atoms with E-state index in [1.165, 1.54) is 87.0 Å². The Hall–Kier alpha value is -0.423. The average Bonchev–Trinajstić information content (AvgIpc) is 2.70. The number of rotatable bonds is 5. The monoisotopic (exact) mass is 412 g/mol. The van der Waals surface area contributed by atoms with Gasteiger partial charge in [0.05, 0.1) is 0 Å². The predicted molar refractivity (Wildman–Crippen MR) is 124 cm³/mol. The molecule has 0 heterocycles. The Morgan fingerprint density at radius 1 is 0.742 bits per heavy atom. The van der Waals surface area contributed by atoms with E-state index in [-0.39, 0.29) is 0 Å². The van der Waals surface area contributed by atoms with E-state index in [1.54, 1.807) is 18.2 Å². The van der Waals surface area contributed by atoms with Crippen molar-refractivity contribution in [2.45, 2.75) is 87.9 Å². The second kappa shape index (κ2) is 7.04. The summed E-state index contributed by atoms with van der Waals surface area (Å²) in [5, 5.41) is 0. The Morgan fingerprint density at radius 2 is 1.19 bits per heavy atom. The quantitative estimate of drug-likeness (QED) is 0.476. The van der Waals surface area contributed by atoms with Gasteiger partial charge in [0.25, 0.3) is 0 Å². The van der Waals surface area contributed by atoms with Crippen LogP contribution in [-0.2, 0) is 15.6 Å². The van der Waals surface area contributed by atoms with Gasteiger partial charge in [-0.15, -0.1) is 0 Å². The molecule has 31 heavy (non-hydrogen) atoms. The molecule has 0 spiro atoms. The zero-order valence-corrected chi connectivity index (χ0v) is 19.6. The summed E-state index contributed by atoms with van der Waals surface area (Å²) in [6.45, 7) is 0.372. The Balaban J connectivity index is 1.35. The summed E-state index contributed by atoms with van der Waals surface area (Å²) >= 11 is 2.32. The maximum absolute atomic E-state index is 6.36. The molecule has 8 aliphatic rings. The molecular formula is C28H37LiO2. The van der Waals surface area contributed by atoms with Gasteiger partial charge in [0.15, 0.2) is 0 Å². The van der Waals surface area contributed by atoms with Gasteiger partial charge < -0.3 is 0 Å². The predicted octanol–water partition coefficient (Wildman–Crippen LogP) is 5.40. The number of ether oxygens (including phenoxy) is 2. The zero-order chi connectivity index (χ0) is 20.8. The van der Waals surface area contributed by atoms with Crippen LogP contribution in [0.2, 0.25) is 0 Å². The Bertz CT molecular complexity index is 819. The third kappa shape index (κ3) is 3.07. The van der Waals surface area contributed by atoms with Crippen LogP contribution >= 0.6 is 0 Å². The van der Waals surface area contributed by atoms with Gasteiger partial charge in [-0.25, -0.2) is 0 Å². The van der Waals surface area contributed by atoms with Crippen LogP contribution in [0.15, 0.2) is 12.1 Å². The van der Waals surface area contributed by atoms with E-state index >= 15 is 0 Å². The van der Waals surface area contributed by atoms with Gasteiger partial charge in [-0.3, -0.25) is 0 Å². The third-order valence-corrected chi connectivity index (χ3v) is 10.9. The molecule has 0 aromatic heterocycles. The van der Waals surface area contributed by atoms with Gasteiger partial charge in [0, 0.05) is 0 Å². The van der Waals surface area contributed by atoms with E-state index < -0.39 is 0 Å². The average molecular weight is 413 g/mol. The fourth-order valence-corrected chi connectivity index (χ4v) is 10.7. The molecular weight excluding hydrogens is 375 g/mol. The molecule has 8 fully saturated rings. The summed E-state index contributed by atoms with van der Waals surface area (Å²) in [5.74, 6) is 7.06. The molecule has 0 radical (unpaired) electrons. The molecule has 162 valence electrons. The van der Waals surface area contributed by atoms with Crippen molar-refractivity contribution >= 4 is 22.0 Å². The third-order valence-electron chi connectivity index (χ3n) is 10.9. The maximum atomic E-state index is 6.36. The molecule has 0 amide bonds. The normalized spacial score (nSPS) is 46.7. The van der Waals surface area contributed by atoms with Crippen molar-refractivity contribution in [3.63, 3.8) is 0 Å². The van der Waals surface area contributed by atoms with E-state index in [0.717, 1.165) is 35.5 Å². The van der Waals surface area contributed by atoms with Crippen molar-refractivity contribution in [2.24, 2.45) is 35.5 Å². The Morgan fingerprint density at radius 3 is 1.65 bits per heavy atom. The molecule has 8 aliphatic carbocycles. The van der Waals surface area contributed by atoms with E-state index in [0.29, 0.717) is 17.6 Å². The minimum atomic E-state index is 0.372. The minimum absolute atomic E-state index is 0.372. The van der Waals surface area contributed by atoms with Crippen LogP contribution in [0.4, 0.5) is 0 Å². The summed E-state index contributed by atoms with van der Waals surface area (Å²) in [6.07, 6.45) is 17.7. The number of methoxy groups -OCH3 is 1. The van der Waals surface area contributed by atoms with Crippen LogP contribution in [0.25, 0.3) is 0 Å². The first kappa shape index (κ1) is 20.0. The summed E-state index contributed by atoms with van der Waals surface area (Å²) in [7, 11) is 1.75. The van der Waals surface area contributed by atoms with E-state index in [2.05, 4.69) is 29.8 Å². The molecule has 0 unspecified atom stereocenters. The van der Waals surface area contributed by atoms with Crippen LogP contribution in [0.1, 0.15) is 88.2 Å². The van der Waals surface area contributed by atoms with Gasteiger partial charge in [-0.2, -0.15) is 0 Å². The SMILES string of the molecule is [Li][c]1cc(C23CC4CC(CC(C4)C2)C3)cc(C23CC4CC(CC(C4)C2)C3)c1OCOC. The molecule has 3 heteroatoms. The first-order valence-electron chi connectivity index (χ1n) is 13.3. The molecule has 2 nitrogen and oxygen atoms in total. The van der Waals surface area contributed by atoms with Crippen LogP contribution in [0.5, 0.6) is 5.75 Å². The van der Waals surface area contributed by atoms with Gasteiger partial charge in [0.1, 0.15) is 0 Å². The van der Waals surface area contributed by atoms with Crippen LogP contribution in [0, 0.1) is 35.5 Å². The molecule has 0 aliphatic heterocycles. The summed E-state index contributed by atoms with van der Waals surface area (Å²) < 4.78 is 13.1. The van der Waals surface area contributed by atoms with Crippen molar-refractivity contribution < 1.29 is 9.47 Å². The Labute approximate surface area is 197 Å². The second-order valence-corrected chi connectivity index (χ2v) is 13.1. The number of benzene rings is 1. The van der Waals surface area contributed by atoms with E-state index in [9.17, 15) is 0 Å². The van der Waals surface area contributed by atoms with Crippen molar-refractivity contribution in [1.82, 2.24) is 0 Å². The molecule has 1 aromatic carbocycles. The van der Waals surface area contributed by atoms with Gasteiger partial charge in [-0.05, 0) is 0 Å². The zero-order valence-electron chi connectivity index (χ0n) is 19.6. The van der Waals surface area contributed by atoms with Gasteiger partial charge in [0.2, 0.25) is 0 Å². The van der Waals surface area contributed by atoms with Crippen LogP contribution in [-0.4, -0.2) is 31.6 Å². The molecule has 1 aromatic rings.